The Hall–Kier alpha value is -0.230. The Kier molecular flexibility index (Phi) is 5.57. The van der Waals surface area contributed by atoms with Gasteiger partial charge in [-0.15, -0.1) is 0 Å². The quantitative estimate of drug-likeness (QED) is 0.693. The van der Waals surface area contributed by atoms with Crippen LogP contribution in [0, 0.1) is 0 Å². The van der Waals surface area contributed by atoms with Crippen LogP contribution in [0.25, 0.3) is 0 Å². The van der Waals surface area contributed by atoms with Crippen molar-refractivity contribution in [2.75, 3.05) is 0 Å². The first kappa shape index (κ1) is 15.2. The zero-order valence-corrected chi connectivity index (χ0v) is 15.1. The first-order valence-electron chi connectivity index (χ1n) is 5.85. The Morgan fingerprint density at radius 1 is 1.16 bits per heavy atom. The molecule has 19 heavy (non-hydrogen) atoms. The van der Waals surface area contributed by atoms with Gasteiger partial charge in [-0.05, 0) is 62.5 Å². The number of aromatic nitrogens is 1. The Morgan fingerprint density at radius 3 is 2.63 bits per heavy atom. The first-order chi connectivity index (χ1) is 9.06. The molecule has 1 aromatic heterocycles. The van der Waals surface area contributed by atoms with E-state index in [1.165, 1.54) is 5.56 Å². The third-order valence-corrected chi connectivity index (χ3v) is 4.42. The normalized spacial score (nSPS) is 12.4. The third-order valence-electron chi connectivity index (χ3n) is 2.81. The lowest BCUT2D eigenvalue weighted by Crippen LogP contribution is -2.19. The van der Waals surface area contributed by atoms with Crippen molar-refractivity contribution in [3.63, 3.8) is 0 Å². The lowest BCUT2D eigenvalue weighted by Gasteiger charge is -2.15. The molecule has 0 saturated heterocycles. The van der Waals surface area contributed by atoms with Gasteiger partial charge in [-0.1, -0.05) is 28.1 Å². The average molecular weight is 449 g/mol. The summed E-state index contributed by atoms with van der Waals surface area (Å²) in [7, 11) is 0. The second-order valence-corrected chi connectivity index (χ2v) is 6.93. The summed E-state index contributed by atoms with van der Waals surface area (Å²) in [5.41, 5.74) is 2.26. The summed E-state index contributed by atoms with van der Waals surface area (Å²) in [6, 6.07) is 10.6. The maximum Gasteiger partial charge on any atom is 0.0684 e. The number of benzene rings is 1. The van der Waals surface area contributed by atoms with Gasteiger partial charge in [0, 0.05) is 32.2 Å². The number of nitrogens with zero attached hydrogens (tertiary/aromatic N) is 1. The number of rotatable bonds is 4. The number of pyridine rings is 1. The fraction of sp³-hybridized carbons (Fsp3) is 0.214. The van der Waals surface area contributed by atoms with Crippen LogP contribution in [0.4, 0.5) is 0 Å². The van der Waals surface area contributed by atoms with Gasteiger partial charge in [-0.25, -0.2) is 0 Å². The lowest BCUT2D eigenvalue weighted by molar-refractivity contribution is 0.566. The number of halogens is 3. The lowest BCUT2D eigenvalue weighted by atomic mass is 10.1. The van der Waals surface area contributed by atoms with Crippen molar-refractivity contribution in [1.29, 1.82) is 0 Å². The van der Waals surface area contributed by atoms with Crippen molar-refractivity contribution in [2.45, 2.75) is 19.5 Å². The molecule has 0 saturated carbocycles. The van der Waals surface area contributed by atoms with Crippen LogP contribution in [0.3, 0.4) is 0 Å². The number of hydrogen-bond donors (Lipinski definition) is 1. The Bertz CT molecular complexity index is 572. The highest BCUT2D eigenvalue weighted by molar-refractivity contribution is 9.11. The summed E-state index contributed by atoms with van der Waals surface area (Å²) in [5, 5.41) is 3.47. The average Bonchev–Trinajstić information content (AvgIpc) is 2.37. The van der Waals surface area contributed by atoms with Gasteiger partial charge >= 0.3 is 0 Å². The molecular weight excluding hydrogens is 436 g/mol. The molecule has 5 heteroatoms. The number of nitrogens with one attached hydrogen (secondary N) is 1. The van der Waals surface area contributed by atoms with Crippen LogP contribution in [0.1, 0.15) is 24.2 Å². The molecule has 2 rings (SSSR count). The zero-order chi connectivity index (χ0) is 13.8. The minimum atomic E-state index is 0.273. The third kappa shape index (κ3) is 4.38. The van der Waals surface area contributed by atoms with Crippen LogP contribution < -0.4 is 5.32 Å². The van der Waals surface area contributed by atoms with Gasteiger partial charge in [0.25, 0.3) is 0 Å². The van der Waals surface area contributed by atoms with Gasteiger partial charge in [0.05, 0.1) is 5.69 Å². The summed E-state index contributed by atoms with van der Waals surface area (Å²) in [6.45, 7) is 2.87. The maximum atomic E-state index is 4.40. The molecule has 0 aliphatic rings. The van der Waals surface area contributed by atoms with Crippen LogP contribution >= 0.6 is 47.8 Å². The standard InChI is InChI=1S/C14H13Br3N2/c1-9(10-3-2-4-11(15)5-10)18-8-14-13(17)6-12(16)7-19-14/h2-7,9,18H,8H2,1H3/t9-/m0/s1. The minimum absolute atomic E-state index is 0.273. The van der Waals surface area contributed by atoms with Gasteiger partial charge in [-0.2, -0.15) is 0 Å². The van der Waals surface area contributed by atoms with Crippen LogP contribution in [0.15, 0.2) is 49.9 Å². The van der Waals surface area contributed by atoms with Crippen molar-refractivity contribution in [2.24, 2.45) is 0 Å². The predicted octanol–water partition coefficient (Wildman–Crippen LogP) is 5.22. The molecule has 0 bridgehead atoms. The van der Waals surface area contributed by atoms with E-state index < -0.39 is 0 Å². The van der Waals surface area contributed by atoms with Gasteiger partial charge < -0.3 is 5.32 Å². The SMILES string of the molecule is C[C@H](NCc1ncc(Br)cc1Br)c1cccc(Br)c1. The van der Waals surface area contributed by atoms with Gasteiger partial charge in [-0.3, -0.25) is 4.98 Å². The van der Waals surface area contributed by atoms with E-state index >= 15 is 0 Å². The molecule has 0 spiro atoms. The minimum Gasteiger partial charge on any atom is -0.305 e. The molecule has 1 heterocycles. The fourth-order valence-electron chi connectivity index (χ4n) is 1.72. The van der Waals surface area contributed by atoms with E-state index in [4.69, 9.17) is 0 Å². The molecule has 1 aromatic carbocycles. The summed E-state index contributed by atoms with van der Waals surface area (Å²) in [6.07, 6.45) is 1.81. The highest BCUT2D eigenvalue weighted by atomic mass is 79.9. The van der Waals surface area contributed by atoms with E-state index in [2.05, 4.69) is 77.1 Å². The second-order valence-electron chi connectivity index (χ2n) is 4.24. The van der Waals surface area contributed by atoms with Crippen LogP contribution in [-0.2, 0) is 6.54 Å². The molecule has 1 N–H and O–H groups in total. The molecule has 0 amide bonds. The molecule has 0 fully saturated rings. The summed E-state index contributed by atoms with van der Waals surface area (Å²) in [5.74, 6) is 0. The van der Waals surface area contributed by atoms with Crippen LogP contribution in [0.2, 0.25) is 0 Å². The van der Waals surface area contributed by atoms with Crippen molar-refractivity contribution >= 4 is 47.8 Å². The number of hydrogen-bond acceptors (Lipinski definition) is 2. The maximum absolute atomic E-state index is 4.40. The van der Waals surface area contributed by atoms with Gasteiger partial charge in [0.2, 0.25) is 0 Å². The van der Waals surface area contributed by atoms with Crippen molar-refractivity contribution in [1.82, 2.24) is 10.3 Å². The second kappa shape index (κ2) is 6.97. The van der Waals surface area contributed by atoms with Gasteiger partial charge in [0.15, 0.2) is 0 Å². The van der Waals surface area contributed by atoms with Crippen molar-refractivity contribution in [3.05, 3.63) is 61.2 Å². The highest BCUT2D eigenvalue weighted by Gasteiger charge is 2.07. The Labute approximate surface area is 138 Å². The highest BCUT2D eigenvalue weighted by Crippen LogP contribution is 2.21. The molecule has 100 valence electrons. The van der Waals surface area contributed by atoms with E-state index in [1.54, 1.807) is 0 Å². The molecular formula is C14H13Br3N2. The van der Waals surface area contributed by atoms with E-state index in [1.807, 2.05) is 24.4 Å². The first-order valence-corrected chi connectivity index (χ1v) is 8.23. The molecule has 2 nitrogen and oxygen atoms in total. The largest absolute Gasteiger partial charge is 0.305 e. The van der Waals surface area contributed by atoms with Crippen molar-refractivity contribution < 1.29 is 0 Å². The van der Waals surface area contributed by atoms with Crippen LogP contribution in [0.5, 0.6) is 0 Å². The molecule has 0 aliphatic carbocycles. The molecule has 2 aromatic rings. The van der Waals surface area contributed by atoms with Crippen LogP contribution in [-0.4, -0.2) is 4.98 Å². The Balaban J connectivity index is 2.02. The van der Waals surface area contributed by atoms with E-state index in [0.717, 1.165) is 25.7 Å². The van der Waals surface area contributed by atoms with E-state index in [-0.39, 0.29) is 6.04 Å². The van der Waals surface area contributed by atoms with E-state index in [9.17, 15) is 0 Å². The smallest absolute Gasteiger partial charge is 0.0684 e. The molecule has 0 unspecified atom stereocenters. The predicted molar refractivity (Wildman–Crippen MR) is 89.0 cm³/mol. The molecule has 0 radical (unpaired) electrons. The summed E-state index contributed by atoms with van der Waals surface area (Å²) in [4.78, 5) is 4.40. The van der Waals surface area contributed by atoms with Gasteiger partial charge in [0.1, 0.15) is 0 Å². The topological polar surface area (TPSA) is 24.9 Å². The monoisotopic (exact) mass is 446 g/mol. The van der Waals surface area contributed by atoms with E-state index in [0.29, 0.717) is 0 Å². The molecule has 1 atom stereocenters. The molecule has 0 aliphatic heterocycles. The Morgan fingerprint density at radius 2 is 1.95 bits per heavy atom. The summed E-state index contributed by atoms with van der Waals surface area (Å²) < 4.78 is 3.08. The summed E-state index contributed by atoms with van der Waals surface area (Å²) >= 11 is 10.4. The van der Waals surface area contributed by atoms with Crippen molar-refractivity contribution in [3.8, 4) is 0 Å². The fourth-order valence-corrected chi connectivity index (χ4v) is 3.26. The zero-order valence-electron chi connectivity index (χ0n) is 10.3.